The van der Waals surface area contributed by atoms with Gasteiger partial charge in [-0.25, -0.2) is 9.97 Å². The maximum atomic E-state index is 12.7. The van der Waals surface area contributed by atoms with Crippen molar-refractivity contribution in [2.75, 3.05) is 6.54 Å². The zero-order valence-electron chi connectivity index (χ0n) is 14.2. The molecule has 130 valence electrons. The number of H-pyrrole nitrogens is 1. The molecule has 0 saturated carbocycles. The molecule has 0 atom stereocenters. The molecule has 0 bridgehead atoms. The van der Waals surface area contributed by atoms with Gasteiger partial charge in [-0.1, -0.05) is 30.3 Å². The van der Waals surface area contributed by atoms with Crippen LogP contribution in [0.5, 0.6) is 0 Å². The summed E-state index contributed by atoms with van der Waals surface area (Å²) in [5.74, 6) is -0.155. The minimum atomic E-state index is -0.155. The van der Waals surface area contributed by atoms with Crippen LogP contribution in [0.1, 0.15) is 16.9 Å². The first-order valence-electron chi connectivity index (χ1n) is 8.59. The highest BCUT2D eigenvalue weighted by molar-refractivity contribution is 6.05. The van der Waals surface area contributed by atoms with Crippen LogP contribution in [-0.4, -0.2) is 32.0 Å². The maximum absolute atomic E-state index is 12.7. The SMILES string of the molecule is O=C(NCCCn1ccnc1)c1nc(-c2ccccc2)cc2[nH]ccc12. The number of carbonyl (C=O) groups excluding carboxylic acids is 1. The third-order valence-electron chi connectivity index (χ3n) is 4.27. The van der Waals surface area contributed by atoms with E-state index in [1.807, 2.05) is 59.4 Å². The number of aromatic nitrogens is 4. The lowest BCUT2D eigenvalue weighted by Crippen LogP contribution is -2.26. The van der Waals surface area contributed by atoms with Crippen molar-refractivity contribution >= 4 is 16.8 Å². The predicted molar refractivity (Wildman–Crippen MR) is 101 cm³/mol. The molecule has 6 heteroatoms. The number of pyridine rings is 1. The number of amides is 1. The highest BCUT2D eigenvalue weighted by Crippen LogP contribution is 2.24. The predicted octanol–water partition coefficient (Wildman–Crippen LogP) is 3.25. The Kier molecular flexibility index (Phi) is 4.47. The Morgan fingerprint density at radius 1 is 1.19 bits per heavy atom. The first-order valence-corrected chi connectivity index (χ1v) is 8.59. The molecule has 3 aromatic heterocycles. The number of nitrogens with one attached hydrogen (secondary N) is 2. The molecule has 0 saturated heterocycles. The number of hydrogen-bond donors (Lipinski definition) is 2. The molecular formula is C20H19N5O. The van der Waals surface area contributed by atoms with E-state index in [2.05, 4.69) is 20.3 Å². The van der Waals surface area contributed by atoms with Crippen molar-refractivity contribution in [3.8, 4) is 11.3 Å². The number of aromatic amines is 1. The molecule has 0 aliphatic heterocycles. The third kappa shape index (κ3) is 3.35. The summed E-state index contributed by atoms with van der Waals surface area (Å²) < 4.78 is 1.99. The number of fused-ring (bicyclic) bond motifs is 1. The molecule has 1 aromatic carbocycles. The molecule has 0 unspecified atom stereocenters. The van der Waals surface area contributed by atoms with Crippen molar-refractivity contribution in [2.24, 2.45) is 0 Å². The van der Waals surface area contributed by atoms with E-state index < -0.39 is 0 Å². The van der Waals surface area contributed by atoms with Gasteiger partial charge < -0.3 is 14.9 Å². The molecule has 0 aliphatic carbocycles. The van der Waals surface area contributed by atoms with Crippen LogP contribution >= 0.6 is 0 Å². The second-order valence-corrected chi connectivity index (χ2v) is 6.07. The maximum Gasteiger partial charge on any atom is 0.270 e. The van der Waals surface area contributed by atoms with Crippen molar-refractivity contribution in [3.05, 3.63) is 73.1 Å². The lowest BCUT2D eigenvalue weighted by molar-refractivity contribution is 0.0949. The van der Waals surface area contributed by atoms with Gasteiger partial charge in [-0.15, -0.1) is 0 Å². The van der Waals surface area contributed by atoms with Crippen LogP contribution in [-0.2, 0) is 6.54 Å². The Morgan fingerprint density at radius 3 is 2.88 bits per heavy atom. The summed E-state index contributed by atoms with van der Waals surface area (Å²) in [6.07, 6.45) is 8.10. The number of hydrogen-bond acceptors (Lipinski definition) is 3. The van der Waals surface area contributed by atoms with Crippen LogP contribution < -0.4 is 5.32 Å². The Bertz CT molecular complexity index is 1010. The van der Waals surface area contributed by atoms with Gasteiger partial charge in [-0.3, -0.25) is 4.79 Å². The van der Waals surface area contributed by atoms with Crippen molar-refractivity contribution < 1.29 is 4.79 Å². The van der Waals surface area contributed by atoms with Gasteiger partial charge >= 0.3 is 0 Å². The van der Waals surface area contributed by atoms with Crippen LogP contribution in [0.2, 0.25) is 0 Å². The molecule has 4 rings (SSSR count). The Labute approximate surface area is 150 Å². The zero-order valence-corrected chi connectivity index (χ0v) is 14.2. The van der Waals surface area contributed by atoms with E-state index >= 15 is 0 Å². The summed E-state index contributed by atoms with van der Waals surface area (Å²) in [5.41, 5.74) is 3.12. The van der Waals surface area contributed by atoms with Gasteiger partial charge in [0.05, 0.1) is 12.0 Å². The Hall–Kier alpha value is -3.41. The van der Waals surface area contributed by atoms with E-state index in [0.29, 0.717) is 12.2 Å². The normalized spacial score (nSPS) is 10.9. The third-order valence-corrected chi connectivity index (χ3v) is 4.27. The molecule has 0 radical (unpaired) electrons. The summed E-state index contributed by atoms with van der Waals surface area (Å²) >= 11 is 0. The molecule has 3 heterocycles. The second-order valence-electron chi connectivity index (χ2n) is 6.07. The minimum Gasteiger partial charge on any atom is -0.361 e. The molecule has 4 aromatic rings. The van der Waals surface area contributed by atoms with Crippen LogP contribution in [0, 0.1) is 0 Å². The number of nitrogens with zero attached hydrogens (tertiary/aromatic N) is 3. The molecule has 0 aliphatic rings. The van der Waals surface area contributed by atoms with Crippen LogP contribution in [0.15, 0.2) is 67.4 Å². The first kappa shape index (κ1) is 16.1. The van der Waals surface area contributed by atoms with Crippen molar-refractivity contribution in [1.29, 1.82) is 0 Å². The van der Waals surface area contributed by atoms with Crippen LogP contribution in [0.25, 0.3) is 22.2 Å². The highest BCUT2D eigenvalue weighted by atomic mass is 16.1. The molecule has 26 heavy (non-hydrogen) atoms. The van der Waals surface area contributed by atoms with Gasteiger partial charge in [0.1, 0.15) is 5.69 Å². The van der Waals surface area contributed by atoms with E-state index in [1.54, 1.807) is 12.5 Å². The number of aryl methyl sites for hydroxylation is 1. The highest BCUT2D eigenvalue weighted by Gasteiger charge is 2.15. The fraction of sp³-hybridized carbons (Fsp3) is 0.150. The van der Waals surface area contributed by atoms with Crippen LogP contribution in [0.3, 0.4) is 0 Å². The first-order chi connectivity index (χ1) is 12.8. The average Bonchev–Trinajstić information content (AvgIpc) is 3.36. The van der Waals surface area contributed by atoms with Crippen molar-refractivity contribution in [2.45, 2.75) is 13.0 Å². The summed E-state index contributed by atoms with van der Waals surface area (Å²) in [5, 5.41) is 3.80. The van der Waals surface area contributed by atoms with Gasteiger partial charge in [0.25, 0.3) is 5.91 Å². The standard InChI is InChI=1S/C20H19N5O/c26-20(23-8-4-11-25-12-10-21-14-25)19-16-7-9-22-18(16)13-17(24-19)15-5-2-1-3-6-15/h1-3,5-7,9-10,12-14,22H,4,8,11H2,(H,23,26). The van der Waals surface area contributed by atoms with E-state index in [9.17, 15) is 4.79 Å². The van der Waals surface area contributed by atoms with Crippen molar-refractivity contribution in [3.63, 3.8) is 0 Å². The van der Waals surface area contributed by atoms with E-state index in [4.69, 9.17) is 0 Å². The summed E-state index contributed by atoms with van der Waals surface area (Å²) in [6, 6.07) is 13.7. The zero-order chi connectivity index (χ0) is 17.8. The van der Waals surface area contributed by atoms with Gasteiger partial charge in [-0.2, -0.15) is 0 Å². The quantitative estimate of drug-likeness (QED) is 0.527. The van der Waals surface area contributed by atoms with E-state index in [1.165, 1.54) is 0 Å². The lowest BCUT2D eigenvalue weighted by Gasteiger charge is -2.09. The number of rotatable bonds is 6. The van der Waals surface area contributed by atoms with Gasteiger partial charge in [0.15, 0.2) is 0 Å². The largest absolute Gasteiger partial charge is 0.361 e. The molecule has 2 N–H and O–H groups in total. The summed E-state index contributed by atoms with van der Waals surface area (Å²) in [4.78, 5) is 24.5. The number of carbonyl (C=O) groups is 1. The van der Waals surface area contributed by atoms with E-state index in [0.717, 1.165) is 35.1 Å². The minimum absolute atomic E-state index is 0.155. The van der Waals surface area contributed by atoms with Gasteiger partial charge in [-0.05, 0) is 18.6 Å². The summed E-state index contributed by atoms with van der Waals surface area (Å²) in [7, 11) is 0. The van der Waals surface area contributed by atoms with Gasteiger partial charge in [0, 0.05) is 48.1 Å². The monoisotopic (exact) mass is 345 g/mol. The molecule has 0 spiro atoms. The molecular weight excluding hydrogens is 326 g/mol. The van der Waals surface area contributed by atoms with Crippen molar-refractivity contribution in [1.82, 2.24) is 24.8 Å². The second kappa shape index (κ2) is 7.23. The summed E-state index contributed by atoms with van der Waals surface area (Å²) in [6.45, 7) is 1.40. The van der Waals surface area contributed by atoms with Crippen LogP contribution in [0.4, 0.5) is 0 Å². The Balaban J connectivity index is 1.52. The molecule has 1 amide bonds. The fourth-order valence-corrected chi connectivity index (χ4v) is 2.95. The Morgan fingerprint density at radius 2 is 2.08 bits per heavy atom. The van der Waals surface area contributed by atoms with E-state index in [-0.39, 0.29) is 5.91 Å². The topological polar surface area (TPSA) is 75.6 Å². The fourth-order valence-electron chi connectivity index (χ4n) is 2.95. The number of imidazole rings is 1. The smallest absolute Gasteiger partial charge is 0.270 e. The number of benzene rings is 1. The lowest BCUT2D eigenvalue weighted by atomic mass is 10.1. The molecule has 6 nitrogen and oxygen atoms in total. The van der Waals surface area contributed by atoms with Gasteiger partial charge in [0.2, 0.25) is 0 Å². The average molecular weight is 345 g/mol. The molecule has 0 fully saturated rings.